The molecule has 4 heteroatoms. The monoisotopic (exact) mass is 272 g/mol. The van der Waals surface area contributed by atoms with E-state index in [4.69, 9.17) is 0 Å². The molecule has 0 bridgehead atoms. The number of carbonyl (C=O) groups is 2. The van der Waals surface area contributed by atoms with Gasteiger partial charge in [0.25, 0.3) is 5.91 Å². The highest BCUT2D eigenvalue weighted by atomic mass is 16.2. The molecule has 3 rings (SSSR count). The lowest BCUT2D eigenvalue weighted by Crippen LogP contribution is -2.40. The molecule has 2 aliphatic rings. The number of carbonyl (C=O) groups excluding carboxylic acids is 2. The fourth-order valence-electron chi connectivity index (χ4n) is 3.25. The number of anilines is 1. The van der Waals surface area contributed by atoms with Crippen molar-refractivity contribution in [1.29, 1.82) is 0 Å². The summed E-state index contributed by atoms with van der Waals surface area (Å²) in [6.45, 7) is 2.01. The minimum atomic E-state index is -0.398. The third-order valence-electron chi connectivity index (χ3n) is 4.23. The summed E-state index contributed by atoms with van der Waals surface area (Å²) in [4.78, 5) is 26.1. The standard InChI is InChI=1S/C16H20N2O2/c1-11-5-4-6-12(9-11)17-14-10-15(19)18(16(14)20)13-7-2-3-8-13/h4-6,9,13-14,17H,2-3,7-8,10H2,1H3. The molecular weight excluding hydrogens is 252 g/mol. The van der Waals surface area contributed by atoms with Crippen molar-refractivity contribution in [3.63, 3.8) is 0 Å². The van der Waals surface area contributed by atoms with Gasteiger partial charge in [0.15, 0.2) is 0 Å². The van der Waals surface area contributed by atoms with E-state index < -0.39 is 6.04 Å². The van der Waals surface area contributed by atoms with Crippen molar-refractivity contribution in [1.82, 2.24) is 4.90 Å². The van der Waals surface area contributed by atoms with Gasteiger partial charge in [0.2, 0.25) is 5.91 Å². The molecule has 1 unspecified atom stereocenters. The van der Waals surface area contributed by atoms with Crippen molar-refractivity contribution in [3.05, 3.63) is 29.8 Å². The Morgan fingerprint density at radius 3 is 2.65 bits per heavy atom. The van der Waals surface area contributed by atoms with Crippen LogP contribution in [0.15, 0.2) is 24.3 Å². The van der Waals surface area contributed by atoms with Crippen molar-refractivity contribution in [3.8, 4) is 0 Å². The number of nitrogens with one attached hydrogen (secondary N) is 1. The Kier molecular flexibility index (Phi) is 3.47. The Labute approximate surface area is 119 Å². The van der Waals surface area contributed by atoms with Crippen molar-refractivity contribution in [2.75, 3.05) is 5.32 Å². The second-order valence-electron chi connectivity index (χ2n) is 5.81. The van der Waals surface area contributed by atoms with E-state index in [1.54, 1.807) is 0 Å². The van der Waals surface area contributed by atoms with Crippen LogP contribution < -0.4 is 5.32 Å². The van der Waals surface area contributed by atoms with Crippen LogP contribution in [0.1, 0.15) is 37.7 Å². The van der Waals surface area contributed by atoms with E-state index in [-0.39, 0.29) is 24.3 Å². The molecule has 0 radical (unpaired) electrons. The van der Waals surface area contributed by atoms with Gasteiger partial charge in [0, 0.05) is 11.7 Å². The Balaban J connectivity index is 1.72. The molecule has 1 aliphatic carbocycles. The quantitative estimate of drug-likeness (QED) is 0.860. The molecule has 0 spiro atoms. The molecule has 1 heterocycles. The molecule has 20 heavy (non-hydrogen) atoms. The molecule has 4 nitrogen and oxygen atoms in total. The number of amides is 2. The number of likely N-dealkylation sites (tertiary alicyclic amines) is 1. The molecule has 2 fully saturated rings. The van der Waals surface area contributed by atoms with Crippen molar-refractivity contribution in [2.45, 2.75) is 51.1 Å². The van der Waals surface area contributed by atoms with Gasteiger partial charge in [-0.2, -0.15) is 0 Å². The lowest BCUT2D eigenvalue weighted by molar-refractivity contribution is -0.141. The number of hydrogen-bond donors (Lipinski definition) is 1. The number of imide groups is 1. The highest BCUT2D eigenvalue weighted by Crippen LogP contribution is 2.29. The van der Waals surface area contributed by atoms with Gasteiger partial charge in [0.1, 0.15) is 6.04 Å². The van der Waals surface area contributed by atoms with E-state index >= 15 is 0 Å². The highest BCUT2D eigenvalue weighted by molar-refractivity contribution is 6.07. The predicted molar refractivity (Wildman–Crippen MR) is 77.3 cm³/mol. The Morgan fingerprint density at radius 1 is 1.20 bits per heavy atom. The second kappa shape index (κ2) is 5.27. The highest BCUT2D eigenvalue weighted by Gasteiger charge is 2.42. The van der Waals surface area contributed by atoms with Gasteiger partial charge in [-0.1, -0.05) is 25.0 Å². The second-order valence-corrected chi connectivity index (χ2v) is 5.81. The van der Waals surface area contributed by atoms with Crippen LogP contribution in [-0.2, 0) is 9.59 Å². The zero-order valence-corrected chi connectivity index (χ0v) is 11.8. The Morgan fingerprint density at radius 2 is 1.95 bits per heavy atom. The normalized spacial score (nSPS) is 23.6. The van der Waals surface area contributed by atoms with Crippen molar-refractivity contribution >= 4 is 17.5 Å². The maximum Gasteiger partial charge on any atom is 0.252 e. The van der Waals surface area contributed by atoms with Crippen molar-refractivity contribution in [2.24, 2.45) is 0 Å². The van der Waals surface area contributed by atoms with E-state index in [1.165, 1.54) is 4.90 Å². The summed E-state index contributed by atoms with van der Waals surface area (Å²) in [6, 6.07) is 7.63. The number of aryl methyl sites for hydroxylation is 1. The predicted octanol–water partition coefficient (Wildman–Crippen LogP) is 2.48. The number of hydrogen-bond acceptors (Lipinski definition) is 3. The third kappa shape index (κ3) is 2.42. The number of benzene rings is 1. The molecule has 1 N–H and O–H groups in total. The number of rotatable bonds is 3. The fraction of sp³-hybridized carbons (Fsp3) is 0.500. The van der Waals surface area contributed by atoms with Crippen LogP contribution in [0.5, 0.6) is 0 Å². The lowest BCUT2D eigenvalue weighted by atomic mass is 10.2. The topological polar surface area (TPSA) is 49.4 Å². The lowest BCUT2D eigenvalue weighted by Gasteiger charge is -2.22. The zero-order chi connectivity index (χ0) is 14.1. The first-order valence-corrected chi connectivity index (χ1v) is 7.34. The average Bonchev–Trinajstić information content (AvgIpc) is 2.99. The first-order valence-electron chi connectivity index (χ1n) is 7.34. The van der Waals surface area contributed by atoms with E-state index in [2.05, 4.69) is 5.32 Å². The van der Waals surface area contributed by atoms with Gasteiger partial charge >= 0.3 is 0 Å². The maximum absolute atomic E-state index is 12.4. The molecular formula is C16H20N2O2. The largest absolute Gasteiger partial charge is 0.373 e. The minimum Gasteiger partial charge on any atom is -0.373 e. The van der Waals surface area contributed by atoms with Crippen LogP contribution in [0.4, 0.5) is 5.69 Å². The fourth-order valence-corrected chi connectivity index (χ4v) is 3.25. The molecule has 1 saturated carbocycles. The summed E-state index contributed by atoms with van der Waals surface area (Å²) < 4.78 is 0. The molecule has 106 valence electrons. The first-order chi connectivity index (χ1) is 9.65. The van der Waals surface area contributed by atoms with Crippen molar-refractivity contribution < 1.29 is 9.59 Å². The van der Waals surface area contributed by atoms with Gasteiger partial charge in [-0.3, -0.25) is 14.5 Å². The first kappa shape index (κ1) is 13.2. The van der Waals surface area contributed by atoms with E-state index in [0.29, 0.717) is 0 Å². The van der Waals surface area contributed by atoms with E-state index in [1.807, 2.05) is 31.2 Å². The van der Waals surface area contributed by atoms with Crippen LogP contribution in [0.25, 0.3) is 0 Å². The maximum atomic E-state index is 12.4. The summed E-state index contributed by atoms with van der Waals surface area (Å²) in [5.41, 5.74) is 2.05. The zero-order valence-electron chi connectivity index (χ0n) is 11.8. The smallest absolute Gasteiger partial charge is 0.252 e. The SMILES string of the molecule is Cc1cccc(NC2CC(=O)N(C3CCCC3)C2=O)c1. The molecule has 1 saturated heterocycles. The van der Waals surface area contributed by atoms with Crippen LogP contribution in [0.3, 0.4) is 0 Å². The third-order valence-corrected chi connectivity index (χ3v) is 4.23. The average molecular weight is 272 g/mol. The van der Waals surface area contributed by atoms with E-state index in [9.17, 15) is 9.59 Å². The van der Waals surface area contributed by atoms with Gasteiger partial charge in [0.05, 0.1) is 6.42 Å². The van der Waals surface area contributed by atoms with Crippen LogP contribution >= 0.6 is 0 Å². The van der Waals surface area contributed by atoms with Gasteiger partial charge in [-0.15, -0.1) is 0 Å². The Hall–Kier alpha value is -1.84. The minimum absolute atomic E-state index is 0.0212. The van der Waals surface area contributed by atoms with Gasteiger partial charge < -0.3 is 5.32 Å². The molecule has 1 aromatic carbocycles. The Bertz CT molecular complexity index is 535. The molecule has 0 aromatic heterocycles. The summed E-state index contributed by atoms with van der Waals surface area (Å²) in [5.74, 6) is -0.0736. The molecule has 1 aromatic rings. The summed E-state index contributed by atoms with van der Waals surface area (Å²) >= 11 is 0. The van der Waals surface area contributed by atoms with Gasteiger partial charge in [-0.25, -0.2) is 0 Å². The van der Waals surface area contributed by atoms with Crippen LogP contribution in [-0.4, -0.2) is 28.8 Å². The summed E-state index contributed by atoms with van der Waals surface area (Å²) in [6.07, 6.45) is 4.46. The van der Waals surface area contributed by atoms with Crippen LogP contribution in [0.2, 0.25) is 0 Å². The number of nitrogens with zero attached hydrogens (tertiary/aromatic N) is 1. The summed E-state index contributed by atoms with van der Waals surface area (Å²) in [7, 11) is 0. The van der Waals surface area contributed by atoms with E-state index in [0.717, 1.165) is 36.9 Å². The molecule has 1 atom stereocenters. The summed E-state index contributed by atoms with van der Waals surface area (Å²) in [5, 5.41) is 3.20. The molecule has 2 amide bonds. The molecule has 1 aliphatic heterocycles. The van der Waals surface area contributed by atoms with Gasteiger partial charge in [-0.05, 0) is 37.5 Å². The van der Waals surface area contributed by atoms with Crippen LogP contribution in [0, 0.1) is 6.92 Å².